The van der Waals surface area contributed by atoms with Crippen molar-refractivity contribution in [3.8, 4) is 6.07 Å². The molecule has 4 nitrogen and oxygen atoms in total. The number of hydrogen-bond donors (Lipinski definition) is 2. The molecule has 0 bridgehead atoms. The van der Waals surface area contributed by atoms with Crippen LogP contribution in [-0.2, 0) is 10.5 Å². The molecule has 0 aliphatic carbocycles. The number of amides is 1. The van der Waals surface area contributed by atoms with Gasteiger partial charge in [-0.15, -0.1) is 11.8 Å². The smallest absolute Gasteiger partial charge is 0.254 e. The van der Waals surface area contributed by atoms with Crippen LogP contribution in [0.25, 0.3) is 0 Å². The molecule has 0 saturated heterocycles. The summed E-state index contributed by atoms with van der Waals surface area (Å²) in [4.78, 5) is 13.5. The van der Waals surface area contributed by atoms with E-state index in [9.17, 15) is 10.1 Å². The summed E-state index contributed by atoms with van der Waals surface area (Å²) in [5.74, 6) is -0.414. The van der Waals surface area contributed by atoms with Crippen molar-refractivity contribution in [2.75, 3.05) is 5.32 Å². The molecule has 2 N–H and O–H groups in total. The fraction of sp³-hybridized carbons (Fsp3) is 0.111. The predicted octanol–water partition coefficient (Wildman–Crippen LogP) is 7.91. The van der Waals surface area contributed by atoms with E-state index in [1.807, 2.05) is 49.4 Å². The highest BCUT2D eigenvalue weighted by atomic mass is 35.5. The van der Waals surface area contributed by atoms with Crippen LogP contribution in [-0.4, -0.2) is 5.91 Å². The molecule has 4 rings (SSSR count). The van der Waals surface area contributed by atoms with Crippen LogP contribution in [0.3, 0.4) is 0 Å². The minimum Gasteiger partial charge on any atom is -0.353 e. The Balaban J connectivity index is 1.74. The molecule has 0 radical (unpaired) electrons. The summed E-state index contributed by atoms with van der Waals surface area (Å²) in [5, 5.41) is 18.8. The van der Waals surface area contributed by atoms with Gasteiger partial charge in [-0.05, 0) is 54.4 Å². The van der Waals surface area contributed by atoms with Crippen molar-refractivity contribution < 1.29 is 4.79 Å². The zero-order valence-corrected chi connectivity index (χ0v) is 21.7. The number of nitriles is 1. The Kier molecular flexibility index (Phi) is 8.10. The molecule has 3 aromatic carbocycles. The summed E-state index contributed by atoms with van der Waals surface area (Å²) in [5.41, 5.74) is 3.71. The monoisotopic (exact) mass is 539 g/mol. The Labute approximate surface area is 223 Å². The summed E-state index contributed by atoms with van der Waals surface area (Å²) in [6, 6.07) is 24.0. The van der Waals surface area contributed by atoms with Gasteiger partial charge >= 0.3 is 0 Å². The molecule has 8 heteroatoms. The number of anilines is 1. The number of benzene rings is 3. The number of carbonyl (C=O) groups excluding carboxylic acids is 1. The van der Waals surface area contributed by atoms with Crippen LogP contribution in [0.1, 0.15) is 24.0 Å². The number of dihydropyridines is 1. The maximum atomic E-state index is 13.5. The molecule has 1 amide bonds. The Morgan fingerprint density at radius 3 is 2.31 bits per heavy atom. The van der Waals surface area contributed by atoms with Crippen LogP contribution in [0.5, 0.6) is 0 Å². The van der Waals surface area contributed by atoms with Crippen LogP contribution < -0.4 is 10.6 Å². The lowest BCUT2D eigenvalue weighted by atomic mass is 9.82. The van der Waals surface area contributed by atoms with E-state index in [1.54, 1.807) is 30.3 Å². The van der Waals surface area contributed by atoms with Crippen molar-refractivity contribution in [2.45, 2.75) is 18.6 Å². The van der Waals surface area contributed by atoms with E-state index < -0.39 is 5.92 Å². The molecule has 35 heavy (non-hydrogen) atoms. The van der Waals surface area contributed by atoms with Gasteiger partial charge in [0.15, 0.2) is 0 Å². The number of halogens is 3. The summed E-state index contributed by atoms with van der Waals surface area (Å²) < 4.78 is 0. The molecule has 0 fully saturated rings. The Morgan fingerprint density at radius 2 is 1.66 bits per heavy atom. The van der Waals surface area contributed by atoms with E-state index in [0.717, 1.165) is 5.56 Å². The second kappa shape index (κ2) is 11.2. The first kappa shape index (κ1) is 25.2. The number of nitrogens with zero attached hydrogens (tertiary/aromatic N) is 1. The van der Waals surface area contributed by atoms with Crippen molar-refractivity contribution in [1.82, 2.24) is 5.32 Å². The molecule has 3 aromatic rings. The van der Waals surface area contributed by atoms with Gasteiger partial charge in [-0.3, -0.25) is 4.79 Å². The van der Waals surface area contributed by atoms with Gasteiger partial charge in [0, 0.05) is 37.8 Å². The highest BCUT2D eigenvalue weighted by Crippen LogP contribution is 2.43. The van der Waals surface area contributed by atoms with Crippen molar-refractivity contribution >= 4 is 58.2 Å². The van der Waals surface area contributed by atoms with Gasteiger partial charge in [0.1, 0.15) is 0 Å². The zero-order valence-electron chi connectivity index (χ0n) is 18.6. The molecular weight excluding hydrogens is 521 g/mol. The van der Waals surface area contributed by atoms with Crippen LogP contribution in [0.2, 0.25) is 15.1 Å². The van der Waals surface area contributed by atoms with E-state index in [4.69, 9.17) is 34.8 Å². The number of carbonyl (C=O) groups is 1. The van der Waals surface area contributed by atoms with Crippen molar-refractivity contribution in [1.29, 1.82) is 5.26 Å². The third kappa shape index (κ3) is 5.69. The Bertz CT molecular complexity index is 1380. The van der Waals surface area contributed by atoms with Crippen molar-refractivity contribution in [2.24, 2.45) is 0 Å². The lowest BCUT2D eigenvalue weighted by Gasteiger charge is -2.30. The van der Waals surface area contributed by atoms with Crippen LogP contribution in [0.15, 0.2) is 94.7 Å². The summed E-state index contributed by atoms with van der Waals surface area (Å²) in [6.45, 7) is 1.82. The quantitative estimate of drug-likeness (QED) is 0.333. The van der Waals surface area contributed by atoms with Gasteiger partial charge in [-0.2, -0.15) is 5.26 Å². The standard InChI is InChI=1S/C27H20Cl3N3OS/c1-16-24(26(34)33-19-12-10-18(28)11-13-19)25(20-7-3-5-9-23(20)30)21(14-31)27(32-16)35-15-17-6-2-4-8-22(17)29/h2-13,25,32H,15H2,1H3,(H,33,34). The molecule has 0 aromatic heterocycles. The van der Waals surface area contributed by atoms with Crippen molar-refractivity contribution in [3.05, 3.63) is 121 Å². The molecule has 1 aliphatic rings. The molecule has 0 spiro atoms. The van der Waals surface area contributed by atoms with E-state index in [2.05, 4.69) is 16.7 Å². The molecule has 176 valence electrons. The fourth-order valence-electron chi connectivity index (χ4n) is 3.84. The maximum absolute atomic E-state index is 13.5. The van der Waals surface area contributed by atoms with Crippen LogP contribution in [0.4, 0.5) is 5.69 Å². The lowest BCUT2D eigenvalue weighted by molar-refractivity contribution is -0.113. The number of nitrogens with one attached hydrogen (secondary N) is 2. The average Bonchev–Trinajstić information content (AvgIpc) is 2.84. The highest BCUT2D eigenvalue weighted by molar-refractivity contribution is 8.02. The van der Waals surface area contributed by atoms with Crippen LogP contribution in [0, 0.1) is 11.3 Å². The molecule has 1 aliphatic heterocycles. The van der Waals surface area contributed by atoms with Gasteiger partial charge in [-0.1, -0.05) is 71.2 Å². The summed E-state index contributed by atoms with van der Waals surface area (Å²) >= 11 is 20.3. The minimum atomic E-state index is -0.643. The molecule has 1 unspecified atom stereocenters. The average molecular weight is 541 g/mol. The van der Waals surface area contributed by atoms with Crippen molar-refractivity contribution in [3.63, 3.8) is 0 Å². The van der Waals surface area contributed by atoms with Crippen LogP contribution >= 0.6 is 46.6 Å². The second-order valence-electron chi connectivity index (χ2n) is 7.81. The van der Waals surface area contributed by atoms with E-state index >= 15 is 0 Å². The fourth-order valence-corrected chi connectivity index (χ4v) is 5.59. The van der Waals surface area contributed by atoms with E-state index in [1.165, 1.54) is 11.8 Å². The van der Waals surface area contributed by atoms with Gasteiger partial charge in [0.05, 0.1) is 22.6 Å². The Hall–Kier alpha value is -2.88. The number of thioether (sulfide) groups is 1. The molecule has 0 saturated carbocycles. The summed E-state index contributed by atoms with van der Waals surface area (Å²) in [6.07, 6.45) is 0. The molecule has 1 heterocycles. The number of rotatable bonds is 6. The zero-order chi connectivity index (χ0) is 24.9. The summed E-state index contributed by atoms with van der Waals surface area (Å²) in [7, 11) is 0. The maximum Gasteiger partial charge on any atom is 0.254 e. The third-order valence-electron chi connectivity index (χ3n) is 5.54. The largest absolute Gasteiger partial charge is 0.353 e. The normalized spacial score (nSPS) is 15.5. The predicted molar refractivity (Wildman–Crippen MR) is 145 cm³/mol. The first-order valence-corrected chi connectivity index (χ1v) is 12.8. The van der Waals surface area contributed by atoms with Gasteiger partial charge < -0.3 is 10.6 Å². The Morgan fingerprint density at radius 1 is 1.00 bits per heavy atom. The highest BCUT2D eigenvalue weighted by Gasteiger charge is 2.35. The lowest BCUT2D eigenvalue weighted by Crippen LogP contribution is -2.30. The van der Waals surface area contributed by atoms with E-state index in [-0.39, 0.29) is 5.91 Å². The SMILES string of the molecule is CC1=C(C(=O)Nc2ccc(Cl)cc2)C(c2ccccc2Cl)C(C#N)=C(SCc2ccccc2Cl)N1. The van der Waals surface area contributed by atoms with Gasteiger partial charge in [0.2, 0.25) is 0 Å². The van der Waals surface area contributed by atoms with Gasteiger partial charge in [-0.25, -0.2) is 0 Å². The minimum absolute atomic E-state index is 0.329. The third-order valence-corrected chi connectivity index (χ3v) is 7.57. The first-order valence-electron chi connectivity index (χ1n) is 10.7. The second-order valence-corrected chi connectivity index (χ2v) is 10.1. The van der Waals surface area contributed by atoms with Gasteiger partial charge in [0.25, 0.3) is 5.91 Å². The number of hydrogen-bond acceptors (Lipinski definition) is 4. The molecule has 1 atom stereocenters. The first-order chi connectivity index (χ1) is 16.9. The van der Waals surface area contributed by atoms with E-state index in [0.29, 0.717) is 53.9 Å². The molecular formula is C27H20Cl3N3OS. The topological polar surface area (TPSA) is 64.9 Å². The number of allylic oxidation sites excluding steroid dienone is 2.